The number of nitrogens with zero attached hydrogens (tertiary/aromatic N) is 2. The number of nitrogens with one attached hydrogen (secondary N) is 3. The van der Waals surface area contributed by atoms with Gasteiger partial charge in [0.2, 0.25) is 0 Å². The summed E-state index contributed by atoms with van der Waals surface area (Å²) in [5.41, 5.74) is 0.110. The Kier molecular flexibility index (Phi) is 7.50. The predicted molar refractivity (Wildman–Crippen MR) is 118 cm³/mol. The Morgan fingerprint density at radius 3 is 2.64 bits per heavy atom. The molecule has 1 unspecified atom stereocenters. The van der Waals surface area contributed by atoms with Crippen LogP contribution >= 0.6 is 24.0 Å². The van der Waals surface area contributed by atoms with Crippen molar-refractivity contribution < 1.29 is 14.7 Å². The van der Waals surface area contributed by atoms with Gasteiger partial charge in [-0.05, 0) is 50.3 Å². The number of phenolic OH excluding ortho intramolecular Hbond substituents is 1. The number of hydrogen-bond acceptors (Lipinski definition) is 4. The molecule has 3 rings (SSSR count). The fourth-order valence-electron chi connectivity index (χ4n) is 3.76. The molecule has 3 amide bonds. The van der Waals surface area contributed by atoms with Crippen LogP contribution in [-0.2, 0) is 11.3 Å². The molecule has 2 aliphatic heterocycles. The molecule has 8 nitrogen and oxygen atoms in total. The van der Waals surface area contributed by atoms with Gasteiger partial charge in [-0.3, -0.25) is 10.1 Å². The zero-order valence-corrected chi connectivity index (χ0v) is 18.5. The molecule has 9 heteroatoms. The fraction of sp³-hybridized carbons (Fsp3) is 0.526. The highest BCUT2D eigenvalue weighted by Crippen LogP contribution is 2.30. The number of carbonyl (C=O) groups excluding carboxylic acids is 2. The molecule has 2 saturated heterocycles. The first-order chi connectivity index (χ1) is 12.9. The van der Waals surface area contributed by atoms with Crippen LogP contribution < -0.4 is 16.0 Å². The monoisotopic (exact) mass is 501 g/mol. The maximum Gasteiger partial charge on any atom is 0.322 e. The van der Waals surface area contributed by atoms with Crippen molar-refractivity contribution in [1.82, 2.24) is 20.9 Å². The van der Waals surface area contributed by atoms with Crippen molar-refractivity contribution in [3.05, 3.63) is 29.8 Å². The third-order valence-electron chi connectivity index (χ3n) is 5.34. The summed E-state index contributed by atoms with van der Waals surface area (Å²) in [6.07, 6.45) is 1.58. The number of benzene rings is 1. The Hall–Kier alpha value is -2.04. The summed E-state index contributed by atoms with van der Waals surface area (Å²) in [4.78, 5) is 30.5. The molecular formula is C19H28IN5O3. The second-order valence-corrected chi connectivity index (χ2v) is 7.21. The molecule has 2 heterocycles. The van der Waals surface area contributed by atoms with Crippen LogP contribution in [0.3, 0.4) is 0 Å². The molecule has 154 valence electrons. The van der Waals surface area contributed by atoms with Gasteiger partial charge in [-0.1, -0.05) is 12.1 Å². The SMILES string of the molecule is CCNC(=NCc1cccc(O)c1)N1CCC(C2(C)NC(=O)NC2=O)CC1.I. The molecule has 1 aromatic rings. The van der Waals surface area contributed by atoms with Crippen molar-refractivity contribution in [2.75, 3.05) is 19.6 Å². The number of imide groups is 1. The lowest BCUT2D eigenvalue weighted by Gasteiger charge is -2.39. The first-order valence-corrected chi connectivity index (χ1v) is 9.37. The lowest BCUT2D eigenvalue weighted by molar-refractivity contribution is -0.125. The number of phenols is 1. The number of urea groups is 1. The largest absolute Gasteiger partial charge is 0.508 e. The summed E-state index contributed by atoms with van der Waals surface area (Å²) in [7, 11) is 0. The van der Waals surface area contributed by atoms with Crippen LogP contribution in [0, 0.1) is 5.92 Å². The van der Waals surface area contributed by atoms with E-state index in [0.717, 1.165) is 44.0 Å². The Morgan fingerprint density at radius 2 is 2.07 bits per heavy atom. The predicted octanol–water partition coefficient (Wildman–Crippen LogP) is 1.79. The minimum atomic E-state index is -0.833. The van der Waals surface area contributed by atoms with Crippen LogP contribution in [0.5, 0.6) is 5.75 Å². The van der Waals surface area contributed by atoms with Gasteiger partial charge in [0.25, 0.3) is 5.91 Å². The number of guanidine groups is 1. The average Bonchev–Trinajstić information content (AvgIpc) is 2.91. The smallest absolute Gasteiger partial charge is 0.322 e. The normalized spacial score (nSPS) is 23.1. The lowest BCUT2D eigenvalue weighted by atomic mass is 9.79. The molecule has 4 N–H and O–H groups in total. The Balaban J connectivity index is 0.00000280. The molecule has 2 fully saturated rings. The number of halogens is 1. The lowest BCUT2D eigenvalue weighted by Crippen LogP contribution is -2.55. The number of aromatic hydroxyl groups is 1. The summed E-state index contributed by atoms with van der Waals surface area (Å²) in [5.74, 6) is 0.910. The second kappa shape index (κ2) is 9.44. The first-order valence-electron chi connectivity index (χ1n) is 9.37. The molecule has 0 bridgehead atoms. The van der Waals surface area contributed by atoms with Crippen LogP contribution in [-0.4, -0.2) is 53.1 Å². The van der Waals surface area contributed by atoms with E-state index in [9.17, 15) is 14.7 Å². The molecule has 0 saturated carbocycles. The number of likely N-dealkylation sites (tertiary alicyclic amines) is 1. The van der Waals surface area contributed by atoms with Crippen molar-refractivity contribution in [1.29, 1.82) is 0 Å². The van der Waals surface area contributed by atoms with E-state index in [1.165, 1.54) is 0 Å². The van der Waals surface area contributed by atoms with E-state index < -0.39 is 11.6 Å². The highest BCUT2D eigenvalue weighted by molar-refractivity contribution is 14.0. The van der Waals surface area contributed by atoms with Gasteiger partial charge in [0.1, 0.15) is 11.3 Å². The number of piperidine rings is 1. The highest BCUT2D eigenvalue weighted by Gasteiger charge is 2.48. The Labute approximate surface area is 182 Å². The Bertz CT molecular complexity index is 749. The standard InChI is InChI=1S/C19H27N5O3.HI/c1-3-20-17(21-12-13-5-4-6-15(25)11-13)24-9-7-14(8-10-24)19(2)16(26)22-18(27)23-19;/h4-6,11,14,25H,3,7-10,12H2,1-2H3,(H,20,21)(H2,22,23,26,27);1H. The van der Waals surface area contributed by atoms with E-state index in [2.05, 4.69) is 25.8 Å². The minimum Gasteiger partial charge on any atom is -0.508 e. The van der Waals surface area contributed by atoms with E-state index in [1.807, 2.05) is 13.0 Å². The molecule has 0 radical (unpaired) electrons. The number of carbonyl (C=O) groups is 2. The molecule has 2 aliphatic rings. The summed E-state index contributed by atoms with van der Waals surface area (Å²) in [6, 6.07) is 6.68. The Morgan fingerprint density at radius 1 is 1.36 bits per heavy atom. The fourth-order valence-corrected chi connectivity index (χ4v) is 3.76. The zero-order chi connectivity index (χ0) is 19.4. The number of amides is 3. The topological polar surface area (TPSA) is 106 Å². The van der Waals surface area contributed by atoms with E-state index in [1.54, 1.807) is 25.1 Å². The van der Waals surface area contributed by atoms with Crippen LogP contribution in [0.15, 0.2) is 29.3 Å². The number of aliphatic imine (C=N–C) groups is 1. The number of rotatable bonds is 4. The summed E-state index contributed by atoms with van der Waals surface area (Å²) >= 11 is 0. The molecule has 0 spiro atoms. The third-order valence-corrected chi connectivity index (χ3v) is 5.34. The van der Waals surface area contributed by atoms with E-state index in [-0.39, 0.29) is 41.6 Å². The van der Waals surface area contributed by atoms with Crippen molar-refractivity contribution in [3.63, 3.8) is 0 Å². The summed E-state index contributed by atoms with van der Waals surface area (Å²) in [5, 5.41) is 18.0. The van der Waals surface area contributed by atoms with Crippen LogP contribution in [0.1, 0.15) is 32.3 Å². The molecule has 1 aromatic carbocycles. The van der Waals surface area contributed by atoms with E-state index in [0.29, 0.717) is 6.54 Å². The van der Waals surface area contributed by atoms with Crippen molar-refractivity contribution in [2.45, 2.75) is 38.8 Å². The van der Waals surface area contributed by atoms with Crippen molar-refractivity contribution >= 4 is 41.9 Å². The molecular weight excluding hydrogens is 473 g/mol. The third kappa shape index (κ3) is 4.86. The van der Waals surface area contributed by atoms with E-state index in [4.69, 9.17) is 0 Å². The van der Waals surface area contributed by atoms with Gasteiger partial charge in [-0.15, -0.1) is 24.0 Å². The van der Waals surface area contributed by atoms with Crippen molar-refractivity contribution in [2.24, 2.45) is 10.9 Å². The maximum atomic E-state index is 12.1. The quantitative estimate of drug-likeness (QED) is 0.218. The molecule has 1 atom stereocenters. The first kappa shape index (κ1) is 22.3. The van der Waals surface area contributed by atoms with Gasteiger partial charge < -0.3 is 20.6 Å². The van der Waals surface area contributed by atoms with Gasteiger partial charge in [-0.25, -0.2) is 9.79 Å². The molecule has 0 aromatic heterocycles. The van der Waals surface area contributed by atoms with Gasteiger partial charge in [0, 0.05) is 19.6 Å². The average molecular weight is 501 g/mol. The zero-order valence-electron chi connectivity index (χ0n) is 16.2. The van der Waals surface area contributed by atoms with Crippen molar-refractivity contribution in [3.8, 4) is 5.75 Å². The molecule has 28 heavy (non-hydrogen) atoms. The minimum absolute atomic E-state index is 0. The van der Waals surface area contributed by atoms with Gasteiger partial charge in [-0.2, -0.15) is 0 Å². The van der Waals surface area contributed by atoms with Gasteiger partial charge in [0.15, 0.2) is 5.96 Å². The van der Waals surface area contributed by atoms with Crippen LogP contribution in [0.2, 0.25) is 0 Å². The summed E-state index contributed by atoms with van der Waals surface area (Å²) < 4.78 is 0. The van der Waals surface area contributed by atoms with Crippen LogP contribution in [0.25, 0.3) is 0 Å². The van der Waals surface area contributed by atoms with E-state index >= 15 is 0 Å². The van der Waals surface area contributed by atoms with Gasteiger partial charge in [0.05, 0.1) is 6.54 Å². The molecule has 0 aliphatic carbocycles. The highest BCUT2D eigenvalue weighted by atomic mass is 127. The maximum absolute atomic E-state index is 12.1. The number of hydrogen-bond donors (Lipinski definition) is 4. The van der Waals surface area contributed by atoms with Gasteiger partial charge >= 0.3 is 6.03 Å². The summed E-state index contributed by atoms with van der Waals surface area (Å²) in [6.45, 7) is 6.58. The van der Waals surface area contributed by atoms with Crippen LogP contribution in [0.4, 0.5) is 4.79 Å². The second-order valence-electron chi connectivity index (χ2n) is 7.21.